The molecule has 23 heavy (non-hydrogen) atoms. The molecular formula is C16H18N4O3. The third kappa shape index (κ3) is 2.81. The van der Waals surface area contributed by atoms with Gasteiger partial charge in [-0.1, -0.05) is 0 Å². The third-order valence-corrected chi connectivity index (χ3v) is 4.33. The minimum absolute atomic E-state index is 0.0917. The van der Waals surface area contributed by atoms with Crippen LogP contribution in [0.3, 0.4) is 0 Å². The first-order valence-electron chi connectivity index (χ1n) is 7.56. The minimum Gasteiger partial charge on any atom is -0.345 e. The second-order valence-electron chi connectivity index (χ2n) is 5.81. The van der Waals surface area contributed by atoms with Gasteiger partial charge in [-0.2, -0.15) is 5.10 Å². The first-order valence-corrected chi connectivity index (χ1v) is 7.56. The molecule has 3 N–H and O–H groups in total. The van der Waals surface area contributed by atoms with Gasteiger partial charge in [-0.15, -0.1) is 0 Å². The fourth-order valence-electron chi connectivity index (χ4n) is 2.98. The van der Waals surface area contributed by atoms with E-state index in [2.05, 4.69) is 20.5 Å². The van der Waals surface area contributed by atoms with Crippen molar-refractivity contribution in [3.8, 4) is 0 Å². The number of pyridine rings is 1. The van der Waals surface area contributed by atoms with Crippen LogP contribution in [0.25, 0.3) is 0 Å². The maximum Gasteiger partial charge on any atom is 0.277 e. The molecule has 1 aliphatic rings. The summed E-state index contributed by atoms with van der Waals surface area (Å²) in [5, 5.41) is 9.11. The summed E-state index contributed by atoms with van der Waals surface area (Å²) in [6, 6.07) is 2.99. The summed E-state index contributed by atoms with van der Waals surface area (Å²) in [5.74, 6) is -0.418. The number of aromatic amines is 2. The summed E-state index contributed by atoms with van der Waals surface area (Å²) in [6.07, 6.45) is 2.42. The molecule has 2 aromatic heterocycles. The zero-order valence-electron chi connectivity index (χ0n) is 13.0. The van der Waals surface area contributed by atoms with Crippen LogP contribution in [0.4, 0.5) is 0 Å². The van der Waals surface area contributed by atoms with Crippen LogP contribution in [0.2, 0.25) is 0 Å². The van der Waals surface area contributed by atoms with Crippen molar-refractivity contribution in [2.24, 2.45) is 0 Å². The molecule has 7 heteroatoms. The Labute approximate surface area is 132 Å². The van der Waals surface area contributed by atoms with Crippen LogP contribution in [-0.4, -0.2) is 21.1 Å². The van der Waals surface area contributed by atoms with Crippen LogP contribution in [0.1, 0.15) is 51.8 Å². The number of hydrogen-bond acceptors (Lipinski definition) is 4. The topological polar surface area (TPSA) is 108 Å². The largest absolute Gasteiger partial charge is 0.345 e. The zero-order chi connectivity index (χ0) is 16.6. The van der Waals surface area contributed by atoms with E-state index < -0.39 is 11.5 Å². The number of aromatic nitrogens is 3. The molecule has 0 saturated carbocycles. The quantitative estimate of drug-likeness (QED) is 0.764. The van der Waals surface area contributed by atoms with Gasteiger partial charge in [0.1, 0.15) is 5.56 Å². The average Bonchev–Trinajstić information content (AvgIpc) is 2.51. The molecule has 7 nitrogen and oxygen atoms in total. The Kier molecular flexibility index (Phi) is 3.85. The lowest BCUT2D eigenvalue weighted by Crippen LogP contribution is -2.36. The number of aryl methyl sites for hydroxylation is 2. The van der Waals surface area contributed by atoms with E-state index in [1.165, 1.54) is 6.07 Å². The maximum atomic E-state index is 12.6. The summed E-state index contributed by atoms with van der Waals surface area (Å²) in [6.45, 7) is 3.45. The van der Waals surface area contributed by atoms with Gasteiger partial charge < -0.3 is 10.3 Å². The van der Waals surface area contributed by atoms with E-state index >= 15 is 0 Å². The highest BCUT2D eigenvalue weighted by atomic mass is 16.2. The maximum absolute atomic E-state index is 12.6. The summed E-state index contributed by atoms with van der Waals surface area (Å²) >= 11 is 0. The second-order valence-corrected chi connectivity index (χ2v) is 5.81. The highest BCUT2D eigenvalue weighted by Crippen LogP contribution is 2.27. The molecule has 0 saturated heterocycles. The molecule has 0 aromatic carbocycles. The van der Waals surface area contributed by atoms with Gasteiger partial charge in [-0.05, 0) is 50.3 Å². The monoisotopic (exact) mass is 314 g/mol. The van der Waals surface area contributed by atoms with Crippen LogP contribution >= 0.6 is 0 Å². The number of H-pyrrole nitrogens is 2. The predicted molar refractivity (Wildman–Crippen MR) is 84.5 cm³/mol. The van der Waals surface area contributed by atoms with Crippen molar-refractivity contribution in [1.29, 1.82) is 0 Å². The summed E-state index contributed by atoms with van der Waals surface area (Å²) in [4.78, 5) is 38.7. The number of hydrogen-bond donors (Lipinski definition) is 3. The number of nitrogens with zero attached hydrogens (tertiary/aromatic N) is 1. The van der Waals surface area contributed by atoms with Crippen LogP contribution in [0.15, 0.2) is 21.7 Å². The molecule has 1 amide bonds. The summed E-state index contributed by atoms with van der Waals surface area (Å²) in [7, 11) is 0. The van der Waals surface area contributed by atoms with Gasteiger partial charge >= 0.3 is 0 Å². The highest BCUT2D eigenvalue weighted by molar-refractivity contribution is 5.95. The molecule has 3 rings (SSSR count). The molecule has 1 unspecified atom stereocenters. The lowest BCUT2D eigenvalue weighted by Gasteiger charge is -2.26. The minimum atomic E-state index is -0.497. The lowest BCUT2D eigenvalue weighted by molar-refractivity contribution is 0.0930. The fraction of sp³-hybridized carbons (Fsp3) is 0.375. The van der Waals surface area contributed by atoms with Crippen molar-refractivity contribution in [2.75, 3.05) is 0 Å². The van der Waals surface area contributed by atoms with Gasteiger partial charge in [0, 0.05) is 11.8 Å². The number of fused-ring (bicyclic) bond motifs is 1. The van der Waals surface area contributed by atoms with Crippen molar-refractivity contribution < 1.29 is 4.79 Å². The van der Waals surface area contributed by atoms with E-state index in [9.17, 15) is 14.4 Å². The Morgan fingerprint density at radius 1 is 1.30 bits per heavy atom. The predicted octanol–water partition coefficient (Wildman–Crippen LogP) is 0.882. The first kappa shape index (κ1) is 15.2. The van der Waals surface area contributed by atoms with Gasteiger partial charge in [-0.3, -0.25) is 14.4 Å². The standard InChI is InChI=1S/C16H18N4O3/c1-8-9(2)19-20-16(23)14(8)15(22)18-12-5-3-4-11-10(12)6-7-13(21)17-11/h6-7,12H,3-5H2,1-2H3,(H,17,21)(H,18,22)(H,20,23). The normalized spacial score (nSPS) is 16.7. The number of carbonyl (C=O) groups is 1. The fourth-order valence-corrected chi connectivity index (χ4v) is 2.98. The molecule has 0 radical (unpaired) electrons. The third-order valence-electron chi connectivity index (χ3n) is 4.33. The van der Waals surface area contributed by atoms with E-state index in [4.69, 9.17) is 0 Å². The van der Waals surface area contributed by atoms with E-state index in [0.29, 0.717) is 11.3 Å². The Morgan fingerprint density at radius 2 is 2.09 bits per heavy atom. The van der Waals surface area contributed by atoms with Gasteiger partial charge in [0.25, 0.3) is 11.5 Å². The van der Waals surface area contributed by atoms with Crippen LogP contribution in [0, 0.1) is 13.8 Å². The van der Waals surface area contributed by atoms with Gasteiger partial charge in [0.05, 0.1) is 11.7 Å². The Morgan fingerprint density at radius 3 is 2.87 bits per heavy atom. The van der Waals surface area contributed by atoms with Gasteiger partial charge in [0.15, 0.2) is 0 Å². The van der Waals surface area contributed by atoms with Crippen LogP contribution in [-0.2, 0) is 6.42 Å². The molecule has 1 atom stereocenters. The summed E-state index contributed by atoms with van der Waals surface area (Å²) in [5.41, 5.74) is 2.39. The van der Waals surface area contributed by atoms with Gasteiger partial charge in [-0.25, -0.2) is 5.10 Å². The van der Waals surface area contributed by atoms with Crippen molar-refractivity contribution >= 4 is 5.91 Å². The molecule has 1 aliphatic carbocycles. The summed E-state index contributed by atoms with van der Waals surface area (Å²) < 4.78 is 0. The van der Waals surface area contributed by atoms with Crippen LogP contribution in [0.5, 0.6) is 0 Å². The van der Waals surface area contributed by atoms with E-state index in [1.54, 1.807) is 19.9 Å². The van der Waals surface area contributed by atoms with E-state index in [-0.39, 0.29) is 17.2 Å². The van der Waals surface area contributed by atoms with Crippen molar-refractivity contribution in [3.05, 3.63) is 60.9 Å². The Hall–Kier alpha value is -2.70. The number of amides is 1. The van der Waals surface area contributed by atoms with E-state index in [0.717, 1.165) is 30.5 Å². The van der Waals surface area contributed by atoms with Gasteiger partial charge in [0.2, 0.25) is 5.56 Å². The molecule has 2 heterocycles. The molecule has 0 aliphatic heterocycles. The highest BCUT2D eigenvalue weighted by Gasteiger charge is 2.25. The number of rotatable bonds is 2. The molecule has 2 aromatic rings. The second kappa shape index (κ2) is 5.83. The van der Waals surface area contributed by atoms with E-state index in [1.807, 2.05) is 0 Å². The number of carbonyl (C=O) groups excluding carboxylic acids is 1. The lowest BCUT2D eigenvalue weighted by atomic mass is 9.91. The van der Waals surface area contributed by atoms with Crippen molar-refractivity contribution in [1.82, 2.24) is 20.5 Å². The molecule has 120 valence electrons. The van der Waals surface area contributed by atoms with Crippen molar-refractivity contribution in [2.45, 2.75) is 39.2 Å². The molecular weight excluding hydrogens is 296 g/mol. The smallest absolute Gasteiger partial charge is 0.277 e. The Bertz CT molecular complexity index is 882. The molecule has 0 fully saturated rings. The molecule has 0 spiro atoms. The van der Waals surface area contributed by atoms with Crippen LogP contribution < -0.4 is 16.4 Å². The first-order chi connectivity index (χ1) is 11.0. The van der Waals surface area contributed by atoms with Crippen molar-refractivity contribution in [3.63, 3.8) is 0 Å². The number of nitrogens with one attached hydrogen (secondary N) is 3. The SMILES string of the molecule is Cc1n[nH]c(=O)c(C(=O)NC2CCCc3[nH]c(=O)ccc32)c1C. The zero-order valence-corrected chi connectivity index (χ0v) is 13.0. The Balaban J connectivity index is 1.93. The average molecular weight is 314 g/mol. The molecule has 0 bridgehead atoms.